The fourth-order valence-corrected chi connectivity index (χ4v) is 3.83. The summed E-state index contributed by atoms with van der Waals surface area (Å²) in [5.74, 6) is 0.959. The number of esters is 1. The predicted octanol–water partition coefficient (Wildman–Crippen LogP) is 3.58. The standard InChI is InChI=1S/C26H31N3O5/c1-17-22(11-13-25(30)34-5)18(2)29(28-17)21-9-7-20(8-10-21)26(31)27-15-14-19-6-12-23(32-3)24(16-19)33-4/h6-10,12,16H,11,13-15H2,1-5H3,(H,27,31). The fraction of sp³-hybridized carbons (Fsp3) is 0.346. The van der Waals surface area contributed by atoms with Crippen molar-refractivity contribution in [3.63, 3.8) is 0 Å². The lowest BCUT2D eigenvalue weighted by molar-refractivity contribution is -0.140. The number of nitrogens with one attached hydrogen (secondary N) is 1. The molecule has 0 aliphatic rings. The zero-order valence-electron chi connectivity index (χ0n) is 20.3. The molecular weight excluding hydrogens is 434 g/mol. The van der Waals surface area contributed by atoms with Gasteiger partial charge in [0.05, 0.1) is 32.7 Å². The smallest absolute Gasteiger partial charge is 0.305 e. The van der Waals surface area contributed by atoms with Crippen LogP contribution in [-0.2, 0) is 22.4 Å². The highest BCUT2D eigenvalue weighted by Crippen LogP contribution is 2.27. The molecule has 1 amide bonds. The molecule has 0 aliphatic carbocycles. The van der Waals surface area contributed by atoms with Gasteiger partial charge in [-0.2, -0.15) is 5.10 Å². The summed E-state index contributed by atoms with van der Waals surface area (Å²) in [5.41, 5.74) is 5.34. The molecular formula is C26H31N3O5. The van der Waals surface area contributed by atoms with Crippen molar-refractivity contribution in [1.82, 2.24) is 15.1 Å². The molecule has 0 spiro atoms. The van der Waals surface area contributed by atoms with Gasteiger partial charge in [0.1, 0.15) is 0 Å². The Balaban J connectivity index is 1.61. The predicted molar refractivity (Wildman–Crippen MR) is 129 cm³/mol. The molecule has 0 unspecified atom stereocenters. The van der Waals surface area contributed by atoms with Crippen molar-refractivity contribution in [2.45, 2.75) is 33.1 Å². The highest BCUT2D eigenvalue weighted by atomic mass is 16.5. The average molecular weight is 466 g/mol. The van der Waals surface area contributed by atoms with Gasteiger partial charge >= 0.3 is 5.97 Å². The second kappa shape index (κ2) is 11.4. The second-order valence-electron chi connectivity index (χ2n) is 7.88. The highest BCUT2D eigenvalue weighted by molar-refractivity contribution is 5.94. The maximum absolute atomic E-state index is 12.6. The quantitative estimate of drug-likeness (QED) is 0.460. The van der Waals surface area contributed by atoms with E-state index in [0.29, 0.717) is 42.9 Å². The van der Waals surface area contributed by atoms with Gasteiger partial charge in [-0.15, -0.1) is 0 Å². The first-order valence-electron chi connectivity index (χ1n) is 11.1. The first-order valence-corrected chi connectivity index (χ1v) is 11.1. The molecule has 8 nitrogen and oxygen atoms in total. The molecule has 8 heteroatoms. The SMILES string of the molecule is COC(=O)CCc1c(C)nn(-c2ccc(C(=O)NCCc3ccc(OC)c(OC)c3)cc2)c1C. The summed E-state index contributed by atoms with van der Waals surface area (Å²) in [6.07, 6.45) is 1.56. The summed E-state index contributed by atoms with van der Waals surface area (Å²) in [6.45, 7) is 4.40. The van der Waals surface area contributed by atoms with Gasteiger partial charge in [-0.05, 0) is 74.2 Å². The number of rotatable bonds is 10. The summed E-state index contributed by atoms with van der Waals surface area (Å²) in [4.78, 5) is 24.1. The Labute approximate surface area is 199 Å². The molecule has 1 aromatic heterocycles. The molecule has 0 radical (unpaired) electrons. The Kier molecular flexibility index (Phi) is 8.29. The molecule has 2 aromatic carbocycles. The molecule has 1 N–H and O–H groups in total. The molecule has 0 atom stereocenters. The Hall–Kier alpha value is -3.81. The molecule has 0 fully saturated rings. The van der Waals surface area contributed by atoms with Gasteiger partial charge in [-0.1, -0.05) is 6.07 Å². The molecule has 1 heterocycles. The van der Waals surface area contributed by atoms with E-state index in [4.69, 9.17) is 14.2 Å². The molecule has 0 aliphatic heterocycles. The van der Waals surface area contributed by atoms with Gasteiger partial charge in [0.15, 0.2) is 11.5 Å². The molecule has 180 valence electrons. The van der Waals surface area contributed by atoms with Crippen LogP contribution in [0, 0.1) is 13.8 Å². The minimum Gasteiger partial charge on any atom is -0.493 e. The van der Waals surface area contributed by atoms with Crippen molar-refractivity contribution < 1.29 is 23.8 Å². The fourth-order valence-electron chi connectivity index (χ4n) is 3.83. The Morgan fingerprint density at radius 3 is 2.29 bits per heavy atom. The van der Waals surface area contributed by atoms with Crippen LogP contribution in [0.15, 0.2) is 42.5 Å². The number of hydrogen-bond donors (Lipinski definition) is 1. The summed E-state index contributed by atoms with van der Waals surface area (Å²) in [5, 5.41) is 7.57. The number of ether oxygens (including phenoxy) is 3. The number of carbonyl (C=O) groups is 2. The van der Waals surface area contributed by atoms with Crippen LogP contribution in [0.3, 0.4) is 0 Å². The lowest BCUT2D eigenvalue weighted by atomic mass is 10.1. The first-order chi connectivity index (χ1) is 16.4. The monoisotopic (exact) mass is 465 g/mol. The maximum atomic E-state index is 12.6. The van der Waals surface area contributed by atoms with Crippen molar-refractivity contribution in [1.29, 1.82) is 0 Å². The van der Waals surface area contributed by atoms with Crippen LogP contribution < -0.4 is 14.8 Å². The van der Waals surface area contributed by atoms with Gasteiger partial charge in [0.25, 0.3) is 5.91 Å². The van der Waals surface area contributed by atoms with E-state index in [9.17, 15) is 9.59 Å². The van der Waals surface area contributed by atoms with E-state index in [1.54, 1.807) is 26.4 Å². The summed E-state index contributed by atoms with van der Waals surface area (Å²) >= 11 is 0. The topological polar surface area (TPSA) is 91.7 Å². The summed E-state index contributed by atoms with van der Waals surface area (Å²) in [7, 11) is 4.59. The van der Waals surface area contributed by atoms with E-state index in [1.807, 2.05) is 48.9 Å². The van der Waals surface area contributed by atoms with E-state index in [-0.39, 0.29) is 11.9 Å². The molecule has 3 aromatic rings. The highest BCUT2D eigenvalue weighted by Gasteiger charge is 2.15. The minimum absolute atomic E-state index is 0.140. The number of aromatic nitrogens is 2. The van der Waals surface area contributed by atoms with Gasteiger partial charge < -0.3 is 19.5 Å². The Bertz CT molecular complexity index is 1150. The second-order valence-corrected chi connectivity index (χ2v) is 7.88. The van der Waals surface area contributed by atoms with Crippen LogP contribution in [0.2, 0.25) is 0 Å². The molecule has 0 saturated heterocycles. The van der Waals surface area contributed by atoms with Crippen LogP contribution in [0.4, 0.5) is 0 Å². The lowest BCUT2D eigenvalue weighted by Gasteiger charge is -2.10. The minimum atomic E-state index is -0.243. The van der Waals surface area contributed by atoms with Crippen LogP contribution in [0.25, 0.3) is 5.69 Å². The van der Waals surface area contributed by atoms with Gasteiger partial charge in [-0.3, -0.25) is 9.59 Å². The van der Waals surface area contributed by atoms with Crippen LogP contribution in [0.1, 0.15) is 39.3 Å². The lowest BCUT2D eigenvalue weighted by Crippen LogP contribution is -2.25. The van der Waals surface area contributed by atoms with E-state index >= 15 is 0 Å². The summed E-state index contributed by atoms with van der Waals surface area (Å²) in [6, 6.07) is 13.0. The number of methoxy groups -OCH3 is 3. The zero-order chi connectivity index (χ0) is 24.7. The van der Waals surface area contributed by atoms with Crippen molar-refractivity contribution in [2.75, 3.05) is 27.9 Å². The van der Waals surface area contributed by atoms with E-state index in [1.165, 1.54) is 7.11 Å². The van der Waals surface area contributed by atoms with Crippen LogP contribution in [0.5, 0.6) is 11.5 Å². The molecule has 0 bridgehead atoms. The van der Waals surface area contributed by atoms with Crippen molar-refractivity contribution in [3.8, 4) is 17.2 Å². The number of aryl methyl sites for hydroxylation is 1. The zero-order valence-corrected chi connectivity index (χ0v) is 20.3. The maximum Gasteiger partial charge on any atom is 0.305 e. The third-order valence-electron chi connectivity index (χ3n) is 5.77. The van der Waals surface area contributed by atoms with Crippen LogP contribution >= 0.6 is 0 Å². The molecule has 0 saturated carbocycles. The van der Waals surface area contributed by atoms with Gasteiger partial charge in [0, 0.05) is 24.2 Å². The number of benzene rings is 2. The number of carbonyl (C=O) groups excluding carboxylic acids is 2. The number of hydrogen-bond acceptors (Lipinski definition) is 6. The van der Waals surface area contributed by atoms with E-state index in [0.717, 1.165) is 28.2 Å². The molecule has 3 rings (SSSR count). The van der Waals surface area contributed by atoms with E-state index < -0.39 is 0 Å². The van der Waals surface area contributed by atoms with Crippen molar-refractivity contribution in [2.24, 2.45) is 0 Å². The Morgan fingerprint density at radius 2 is 1.65 bits per heavy atom. The third-order valence-corrected chi connectivity index (χ3v) is 5.77. The van der Waals surface area contributed by atoms with Gasteiger partial charge in [0.2, 0.25) is 0 Å². The Morgan fingerprint density at radius 1 is 0.941 bits per heavy atom. The summed E-state index contributed by atoms with van der Waals surface area (Å²) < 4.78 is 17.2. The van der Waals surface area contributed by atoms with Crippen molar-refractivity contribution in [3.05, 3.63) is 70.5 Å². The number of nitrogens with zero attached hydrogens (tertiary/aromatic N) is 2. The van der Waals surface area contributed by atoms with Gasteiger partial charge in [-0.25, -0.2) is 4.68 Å². The normalized spacial score (nSPS) is 10.6. The largest absolute Gasteiger partial charge is 0.493 e. The van der Waals surface area contributed by atoms with Crippen molar-refractivity contribution >= 4 is 11.9 Å². The first kappa shape index (κ1) is 24.8. The third kappa shape index (κ3) is 5.75. The molecule has 34 heavy (non-hydrogen) atoms. The van der Waals surface area contributed by atoms with E-state index in [2.05, 4.69) is 10.4 Å². The van der Waals surface area contributed by atoms with Crippen LogP contribution in [-0.4, -0.2) is 49.5 Å². The average Bonchev–Trinajstić information content (AvgIpc) is 3.15. The number of amides is 1.